The SMILES string of the molecule is CCC(=O)c1ccc(N2C(=S)N(c3ccc(C#N)c(C(F)(F)F)c3)C(=N)C2(C)C)cc1F. The molecule has 5 nitrogen and oxygen atoms in total. The average Bonchev–Trinajstić information content (AvgIpc) is 2.90. The number of ketones is 1. The van der Waals surface area contributed by atoms with Gasteiger partial charge in [-0.05, 0) is 62.5 Å². The third-order valence-corrected chi connectivity index (χ3v) is 5.63. The number of nitrogens with zero attached hydrogens (tertiary/aromatic N) is 3. The van der Waals surface area contributed by atoms with Crippen LogP contribution in [-0.4, -0.2) is 22.3 Å². The van der Waals surface area contributed by atoms with Gasteiger partial charge in [0.15, 0.2) is 10.9 Å². The number of anilines is 2. The molecule has 0 spiro atoms. The predicted octanol–water partition coefficient (Wildman–Crippen LogP) is 5.68. The Morgan fingerprint density at radius 2 is 1.81 bits per heavy atom. The first-order valence-corrected chi connectivity index (χ1v) is 9.92. The van der Waals surface area contributed by atoms with E-state index < -0.39 is 28.7 Å². The van der Waals surface area contributed by atoms with Crippen LogP contribution in [0.5, 0.6) is 0 Å². The fourth-order valence-electron chi connectivity index (χ4n) is 3.55. The number of halogens is 4. The van der Waals surface area contributed by atoms with Gasteiger partial charge < -0.3 is 4.90 Å². The topological polar surface area (TPSA) is 71.2 Å². The number of hydrogen-bond donors (Lipinski definition) is 1. The van der Waals surface area contributed by atoms with E-state index in [1.54, 1.807) is 20.8 Å². The maximum atomic E-state index is 14.6. The summed E-state index contributed by atoms with van der Waals surface area (Å²) < 4.78 is 54.9. The quantitative estimate of drug-likeness (QED) is 0.360. The molecule has 0 bridgehead atoms. The zero-order chi connectivity index (χ0) is 24.0. The Morgan fingerprint density at radius 1 is 1.19 bits per heavy atom. The second kappa shape index (κ2) is 7.98. The number of nitriles is 1. The molecular weight excluding hydrogens is 444 g/mol. The first kappa shape index (κ1) is 23.3. The van der Waals surface area contributed by atoms with Gasteiger partial charge >= 0.3 is 6.18 Å². The number of nitrogens with one attached hydrogen (secondary N) is 1. The Kier molecular flexibility index (Phi) is 5.82. The molecule has 10 heteroatoms. The highest BCUT2D eigenvalue weighted by molar-refractivity contribution is 7.81. The van der Waals surface area contributed by atoms with E-state index in [2.05, 4.69) is 0 Å². The fourth-order valence-corrected chi connectivity index (χ4v) is 4.08. The van der Waals surface area contributed by atoms with Crippen molar-refractivity contribution in [2.75, 3.05) is 9.80 Å². The fraction of sp³-hybridized carbons (Fsp3) is 0.273. The lowest BCUT2D eigenvalue weighted by Gasteiger charge is -2.30. The molecule has 166 valence electrons. The molecule has 1 aliphatic rings. The highest BCUT2D eigenvalue weighted by atomic mass is 32.1. The van der Waals surface area contributed by atoms with Crippen LogP contribution in [0.2, 0.25) is 0 Å². The molecule has 0 unspecified atom stereocenters. The van der Waals surface area contributed by atoms with E-state index in [0.717, 1.165) is 23.1 Å². The number of alkyl halides is 3. The number of benzene rings is 2. The monoisotopic (exact) mass is 462 g/mol. The van der Waals surface area contributed by atoms with Crippen LogP contribution in [0.3, 0.4) is 0 Å². The maximum Gasteiger partial charge on any atom is 0.417 e. The van der Waals surface area contributed by atoms with Gasteiger partial charge in [0.1, 0.15) is 11.7 Å². The Labute approximate surface area is 187 Å². The van der Waals surface area contributed by atoms with E-state index in [1.807, 2.05) is 0 Å². The van der Waals surface area contributed by atoms with Gasteiger partial charge in [0, 0.05) is 12.1 Å². The van der Waals surface area contributed by atoms with Crippen molar-refractivity contribution in [2.24, 2.45) is 0 Å². The van der Waals surface area contributed by atoms with Gasteiger partial charge in [-0.3, -0.25) is 15.1 Å². The summed E-state index contributed by atoms with van der Waals surface area (Å²) >= 11 is 5.48. The minimum absolute atomic E-state index is 0.0354. The van der Waals surface area contributed by atoms with E-state index in [0.29, 0.717) is 0 Å². The molecule has 1 heterocycles. The molecule has 0 aromatic heterocycles. The van der Waals surface area contributed by atoms with Crippen LogP contribution in [0.25, 0.3) is 0 Å². The summed E-state index contributed by atoms with van der Waals surface area (Å²) in [4.78, 5) is 14.5. The van der Waals surface area contributed by atoms with Crippen molar-refractivity contribution in [1.82, 2.24) is 0 Å². The van der Waals surface area contributed by atoms with Crippen molar-refractivity contribution in [1.29, 1.82) is 10.7 Å². The van der Waals surface area contributed by atoms with Crippen LogP contribution in [0.4, 0.5) is 28.9 Å². The van der Waals surface area contributed by atoms with E-state index in [9.17, 15) is 22.4 Å². The Bertz CT molecular complexity index is 1180. The molecule has 1 aliphatic heterocycles. The number of carbonyl (C=O) groups is 1. The lowest BCUT2D eigenvalue weighted by atomic mass is 10.0. The van der Waals surface area contributed by atoms with Crippen LogP contribution < -0.4 is 9.80 Å². The number of carbonyl (C=O) groups excluding carboxylic acids is 1. The van der Waals surface area contributed by atoms with Crippen LogP contribution in [-0.2, 0) is 6.18 Å². The summed E-state index contributed by atoms with van der Waals surface area (Å²) in [6.45, 7) is 4.86. The highest BCUT2D eigenvalue weighted by Gasteiger charge is 2.48. The molecule has 1 saturated heterocycles. The predicted molar refractivity (Wildman–Crippen MR) is 117 cm³/mol. The van der Waals surface area contributed by atoms with Crippen molar-refractivity contribution in [3.63, 3.8) is 0 Å². The zero-order valence-electron chi connectivity index (χ0n) is 17.3. The minimum Gasteiger partial charge on any atom is -0.305 e. The van der Waals surface area contributed by atoms with Gasteiger partial charge in [-0.15, -0.1) is 0 Å². The summed E-state index contributed by atoms with van der Waals surface area (Å²) in [5.74, 6) is -1.26. The second-order valence-corrected chi connectivity index (χ2v) is 8.01. The smallest absolute Gasteiger partial charge is 0.305 e. The van der Waals surface area contributed by atoms with E-state index in [-0.39, 0.29) is 40.1 Å². The molecule has 3 rings (SSSR count). The number of Topliss-reactive ketones (excluding diaryl/α,β-unsaturated/α-hetero) is 1. The highest BCUT2D eigenvalue weighted by Crippen LogP contribution is 2.40. The van der Waals surface area contributed by atoms with Crippen molar-refractivity contribution >= 4 is 40.3 Å². The van der Waals surface area contributed by atoms with E-state index >= 15 is 0 Å². The minimum atomic E-state index is -4.77. The van der Waals surface area contributed by atoms with Gasteiger partial charge in [-0.1, -0.05) is 6.92 Å². The molecule has 0 atom stereocenters. The van der Waals surface area contributed by atoms with Gasteiger partial charge in [0.25, 0.3) is 0 Å². The van der Waals surface area contributed by atoms with Crippen molar-refractivity contribution in [3.05, 3.63) is 58.9 Å². The molecule has 0 radical (unpaired) electrons. The van der Waals surface area contributed by atoms with Crippen molar-refractivity contribution in [2.45, 2.75) is 38.9 Å². The molecule has 0 amide bonds. The molecule has 0 saturated carbocycles. The van der Waals surface area contributed by atoms with E-state index in [1.165, 1.54) is 29.2 Å². The van der Waals surface area contributed by atoms with Gasteiger partial charge in [0.2, 0.25) is 0 Å². The molecule has 1 N–H and O–H groups in total. The molecule has 1 fully saturated rings. The number of hydrogen-bond acceptors (Lipinski definition) is 4. The maximum absolute atomic E-state index is 14.6. The van der Waals surface area contributed by atoms with Crippen LogP contribution in [0, 0.1) is 22.6 Å². The summed E-state index contributed by atoms with van der Waals surface area (Å²) in [5, 5.41) is 17.6. The van der Waals surface area contributed by atoms with Crippen LogP contribution >= 0.6 is 12.2 Å². The number of thiocarbonyl (C=S) groups is 1. The Balaban J connectivity index is 2.10. The average molecular weight is 462 g/mol. The first-order valence-electron chi connectivity index (χ1n) is 9.52. The molecule has 0 aliphatic carbocycles. The van der Waals surface area contributed by atoms with Crippen LogP contribution in [0.15, 0.2) is 36.4 Å². The van der Waals surface area contributed by atoms with Gasteiger partial charge in [-0.2, -0.15) is 18.4 Å². The van der Waals surface area contributed by atoms with Crippen molar-refractivity contribution in [3.8, 4) is 6.07 Å². The lowest BCUT2D eigenvalue weighted by Crippen LogP contribution is -2.44. The van der Waals surface area contributed by atoms with Crippen molar-refractivity contribution < 1.29 is 22.4 Å². The molecule has 2 aromatic rings. The molecule has 32 heavy (non-hydrogen) atoms. The van der Waals surface area contributed by atoms with E-state index in [4.69, 9.17) is 22.9 Å². The number of rotatable bonds is 4. The second-order valence-electron chi connectivity index (χ2n) is 7.64. The summed E-state index contributed by atoms with van der Waals surface area (Å²) in [5.41, 5.74) is -2.69. The third kappa shape index (κ3) is 3.73. The molecular formula is C22H18F4N4OS. The normalized spacial score (nSPS) is 15.8. The largest absolute Gasteiger partial charge is 0.417 e. The molecule has 2 aromatic carbocycles. The Morgan fingerprint density at radius 3 is 2.34 bits per heavy atom. The summed E-state index contributed by atoms with van der Waals surface area (Å²) in [7, 11) is 0. The summed E-state index contributed by atoms with van der Waals surface area (Å²) in [6, 6.07) is 8.50. The lowest BCUT2D eigenvalue weighted by molar-refractivity contribution is -0.137. The van der Waals surface area contributed by atoms with Gasteiger partial charge in [-0.25, -0.2) is 4.39 Å². The van der Waals surface area contributed by atoms with Gasteiger partial charge in [0.05, 0.1) is 34.0 Å². The summed E-state index contributed by atoms with van der Waals surface area (Å²) in [6.07, 6.45) is -4.65. The third-order valence-electron chi connectivity index (χ3n) is 5.26. The zero-order valence-corrected chi connectivity index (χ0v) is 18.2. The number of amidine groups is 1. The first-order chi connectivity index (χ1) is 14.8. The van der Waals surface area contributed by atoms with Crippen LogP contribution in [0.1, 0.15) is 48.7 Å². The Hall–Kier alpha value is -3.32. The standard InChI is InChI=1S/C22H18F4N4OS/c1-4-18(31)15-8-7-14(10-17(15)23)30-20(32)29(19(28)21(30,2)3)13-6-5-12(11-27)16(9-13)22(24,25)26/h5-10,28H,4H2,1-3H3.